The molecule has 11 heteroatoms. The highest BCUT2D eigenvalue weighted by atomic mass is 19.2. The van der Waals surface area contributed by atoms with Crippen molar-refractivity contribution in [2.24, 2.45) is 0 Å². The van der Waals surface area contributed by atoms with Crippen LogP contribution >= 0.6 is 0 Å². The van der Waals surface area contributed by atoms with Gasteiger partial charge in [0.2, 0.25) is 5.82 Å². The number of halogens is 2. The molecule has 2 N–H and O–H groups in total. The van der Waals surface area contributed by atoms with E-state index in [4.69, 9.17) is 10.5 Å². The maximum Gasteiger partial charge on any atom is 0.202 e. The minimum absolute atomic E-state index is 0.128. The predicted molar refractivity (Wildman–Crippen MR) is 135 cm³/mol. The summed E-state index contributed by atoms with van der Waals surface area (Å²) in [5.41, 5.74) is 9.04. The van der Waals surface area contributed by atoms with Crippen LogP contribution in [0.15, 0.2) is 48.7 Å². The summed E-state index contributed by atoms with van der Waals surface area (Å²) in [5.74, 6) is -2.13. The number of rotatable bonds is 9. The van der Waals surface area contributed by atoms with E-state index < -0.39 is 11.6 Å². The standard InChI is InChI=1S/C25H28F2N8O/c1-33(2)11-6-12-36-21-10-9-20(22(26)23(21)27)35-25(30-31-32-35)19-14-17(15-29-24(19)28)16-7-5-8-18(13-16)34(3)4/h5,7-10,13-15H,6,11-12H2,1-4H3,(H2,28,29). The van der Waals surface area contributed by atoms with Crippen LogP contribution in [-0.4, -0.2) is 71.4 Å². The van der Waals surface area contributed by atoms with Crippen LogP contribution in [0, 0.1) is 11.6 Å². The van der Waals surface area contributed by atoms with Crippen molar-refractivity contribution in [3.05, 3.63) is 60.3 Å². The van der Waals surface area contributed by atoms with E-state index in [1.165, 1.54) is 12.1 Å². The third-order valence-electron chi connectivity index (χ3n) is 5.59. The van der Waals surface area contributed by atoms with E-state index in [0.717, 1.165) is 28.0 Å². The fourth-order valence-electron chi connectivity index (χ4n) is 3.65. The zero-order chi connectivity index (χ0) is 25.8. The maximum atomic E-state index is 15.1. The van der Waals surface area contributed by atoms with Crippen molar-refractivity contribution in [3.63, 3.8) is 0 Å². The predicted octanol–water partition coefficient (Wildman–Crippen LogP) is 3.65. The van der Waals surface area contributed by atoms with Gasteiger partial charge in [-0.25, -0.2) is 9.37 Å². The number of hydrogen-bond acceptors (Lipinski definition) is 8. The highest BCUT2D eigenvalue weighted by Crippen LogP contribution is 2.32. The molecular formula is C25H28F2N8O. The number of nitrogens with zero attached hydrogens (tertiary/aromatic N) is 7. The Labute approximate surface area is 208 Å². The normalized spacial score (nSPS) is 11.2. The molecule has 36 heavy (non-hydrogen) atoms. The van der Waals surface area contributed by atoms with Crippen LogP contribution in [0.25, 0.3) is 28.2 Å². The highest BCUT2D eigenvalue weighted by molar-refractivity contribution is 5.77. The van der Waals surface area contributed by atoms with Crippen molar-refractivity contribution in [2.45, 2.75) is 6.42 Å². The van der Waals surface area contributed by atoms with Crippen molar-refractivity contribution in [1.29, 1.82) is 0 Å². The first-order chi connectivity index (χ1) is 17.3. The molecule has 9 nitrogen and oxygen atoms in total. The summed E-state index contributed by atoms with van der Waals surface area (Å²) < 4.78 is 36.4. The van der Waals surface area contributed by atoms with E-state index in [1.807, 2.05) is 62.3 Å². The number of nitrogens with two attached hydrogens (primary N) is 1. The van der Waals surface area contributed by atoms with E-state index in [-0.39, 0.29) is 29.7 Å². The van der Waals surface area contributed by atoms with Gasteiger partial charge in [-0.2, -0.15) is 9.07 Å². The van der Waals surface area contributed by atoms with Crippen LogP contribution in [0.1, 0.15) is 6.42 Å². The van der Waals surface area contributed by atoms with Gasteiger partial charge in [-0.1, -0.05) is 12.1 Å². The minimum Gasteiger partial charge on any atom is -0.490 e. The Bertz CT molecular complexity index is 1360. The second-order valence-electron chi connectivity index (χ2n) is 8.73. The second kappa shape index (κ2) is 10.6. The topological polar surface area (TPSA) is 98.2 Å². The van der Waals surface area contributed by atoms with Gasteiger partial charge in [-0.15, -0.1) is 5.10 Å². The van der Waals surface area contributed by atoms with Crippen molar-refractivity contribution in [3.8, 4) is 34.0 Å². The summed E-state index contributed by atoms with van der Waals surface area (Å²) in [7, 11) is 7.76. The van der Waals surface area contributed by atoms with Gasteiger partial charge in [-0.3, -0.25) is 0 Å². The van der Waals surface area contributed by atoms with Gasteiger partial charge in [-0.05, 0) is 66.8 Å². The molecule has 0 aliphatic carbocycles. The first-order valence-electron chi connectivity index (χ1n) is 11.3. The van der Waals surface area contributed by atoms with Crippen LogP contribution in [0.2, 0.25) is 0 Å². The van der Waals surface area contributed by atoms with Gasteiger partial charge in [0, 0.05) is 38.1 Å². The summed E-state index contributed by atoms with van der Waals surface area (Å²) in [6.45, 7) is 1.03. The Morgan fingerprint density at radius 2 is 1.81 bits per heavy atom. The number of hydrogen-bond donors (Lipinski definition) is 1. The summed E-state index contributed by atoms with van der Waals surface area (Å²) in [4.78, 5) is 8.26. The zero-order valence-corrected chi connectivity index (χ0v) is 20.6. The van der Waals surface area contributed by atoms with Gasteiger partial charge < -0.3 is 20.3 Å². The second-order valence-corrected chi connectivity index (χ2v) is 8.73. The minimum atomic E-state index is -1.13. The van der Waals surface area contributed by atoms with Crippen molar-refractivity contribution < 1.29 is 13.5 Å². The molecule has 0 bridgehead atoms. The third kappa shape index (κ3) is 5.25. The average Bonchev–Trinajstić information content (AvgIpc) is 3.34. The third-order valence-corrected chi connectivity index (χ3v) is 5.59. The summed E-state index contributed by atoms with van der Waals surface area (Å²) in [5, 5.41) is 11.6. The van der Waals surface area contributed by atoms with E-state index in [0.29, 0.717) is 12.0 Å². The van der Waals surface area contributed by atoms with Gasteiger partial charge >= 0.3 is 0 Å². The van der Waals surface area contributed by atoms with Crippen molar-refractivity contribution in [1.82, 2.24) is 30.1 Å². The molecule has 0 aliphatic rings. The Morgan fingerprint density at radius 1 is 1.00 bits per heavy atom. The fraction of sp³-hybridized carbons (Fsp3) is 0.280. The largest absolute Gasteiger partial charge is 0.490 e. The van der Waals surface area contributed by atoms with Crippen LogP contribution in [-0.2, 0) is 0 Å². The first kappa shape index (κ1) is 25.0. The molecule has 0 fully saturated rings. The maximum absolute atomic E-state index is 15.1. The monoisotopic (exact) mass is 494 g/mol. The molecule has 2 aromatic heterocycles. The Balaban J connectivity index is 1.67. The van der Waals surface area contributed by atoms with Gasteiger partial charge in [0.25, 0.3) is 0 Å². The number of pyridine rings is 1. The number of ether oxygens (including phenoxy) is 1. The van der Waals surface area contributed by atoms with Crippen LogP contribution < -0.4 is 15.4 Å². The summed E-state index contributed by atoms with van der Waals surface area (Å²) in [6.07, 6.45) is 2.32. The average molecular weight is 495 g/mol. The molecule has 0 atom stereocenters. The molecule has 4 aromatic rings. The number of anilines is 2. The summed E-state index contributed by atoms with van der Waals surface area (Å²) in [6, 6.07) is 12.4. The molecule has 0 spiro atoms. The van der Waals surface area contributed by atoms with E-state index in [2.05, 4.69) is 20.5 Å². The van der Waals surface area contributed by atoms with Crippen LogP contribution in [0.5, 0.6) is 5.75 Å². The lowest BCUT2D eigenvalue weighted by molar-refractivity contribution is 0.267. The first-order valence-corrected chi connectivity index (χ1v) is 11.3. The quantitative estimate of drug-likeness (QED) is 0.352. The number of benzene rings is 2. The lowest BCUT2D eigenvalue weighted by Gasteiger charge is -2.14. The van der Waals surface area contributed by atoms with Gasteiger partial charge in [0.15, 0.2) is 17.4 Å². The van der Waals surface area contributed by atoms with Crippen molar-refractivity contribution in [2.75, 3.05) is 52.0 Å². The molecule has 0 aliphatic heterocycles. The Hall–Kier alpha value is -4.12. The molecule has 0 saturated heterocycles. The SMILES string of the molecule is CN(C)CCCOc1ccc(-n2nnnc2-c2cc(-c3cccc(N(C)C)c3)cnc2N)c(F)c1F. The molecule has 2 heterocycles. The van der Waals surface area contributed by atoms with E-state index in [9.17, 15) is 4.39 Å². The van der Waals surface area contributed by atoms with Crippen LogP contribution in [0.4, 0.5) is 20.3 Å². The molecule has 188 valence electrons. The van der Waals surface area contributed by atoms with E-state index >= 15 is 4.39 Å². The zero-order valence-electron chi connectivity index (χ0n) is 20.6. The van der Waals surface area contributed by atoms with Crippen LogP contribution in [0.3, 0.4) is 0 Å². The molecule has 0 amide bonds. The van der Waals surface area contributed by atoms with Gasteiger partial charge in [0.05, 0.1) is 12.2 Å². The molecular weight excluding hydrogens is 466 g/mol. The number of tetrazole rings is 1. The molecule has 0 saturated carbocycles. The number of nitrogen functional groups attached to an aromatic ring is 1. The van der Waals surface area contributed by atoms with Gasteiger partial charge in [0.1, 0.15) is 11.5 Å². The molecule has 0 unspecified atom stereocenters. The molecule has 4 rings (SSSR count). The Kier molecular flexibility index (Phi) is 7.39. The lowest BCUT2D eigenvalue weighted by Crippen LogP contribution is -2.16. The van der Waals surface area contributed by atoms with E-state index in [1.54, 1.807) is 12.3 Å². The number of aromatic nitrogens is 5. The van der Waals surface area contributed by atoms with Crippen molar-refractivity contribution >= 4 is 11.5 Å². The lowest BCUT2D eigenvalue weighted by atomic mass is 10.0. The fourth-order valence-corrected chi connectivity index (χ4v) is 3.65. The molecule has 0 radical (unpaired) electrons. The molecule has 2 aromatic carbocycles. The smallest absolute Gasteiger partial charge is 0.202 e. The highest BCUT2D eigenvalue weighted by Gasteiger charge is 2.22. The Morgan fingerprint density at radius 3 is 2.56 bits per heavy atom. The summed E-state index contributed by atoms with van der Waals surface area (Å²) >= 11 is 0.